The molecule has 0 aliphatic carbocycles. The van der Waals surface area contributed by atoms with Crippen molar-refractivity contribution in [3.63, 3.8) is 0 Å². The van der Waals surface area contributed by atoms with Crippen LogP contribution in [0.2, 0.25) is 0 Å². The predicted molar refractivity (Wildman–Crippen MR) is 185 cm³/mol. The number of anilines is 1. The standard InChI is InChI=1S/C32H34N9O12P/c33-30-36-16-41(32(45)39-30)24-12-20(21(50-24)13-48-28(43)17-7-3-1-4-8-17)53-54(46,47)49-14-22-19(52-29(44)18-9-5-2-6-10-18)11-23(51-22)40-15-35-25-26(40)37-31(34)38-27(25)42/h1-10,15-16,19-24,32,45H,11-14H2,(H2,33,39)(H,46,47)(H3,34,37,38,42). The summed E-state index contributed by atoms with van der Waals surface area (Å²) in [4.78, 5) is 68.6. The van der Waals surface area contributed by atoms with Crippen LogP contribution in [-0.2, 0) is 32.6 Å². The van der Waals surface area contributed by atoms with Crippen molar-refractivity contribution < 1.29 is 52.1 Å². The molecule has 8 atom stereocenters. The minimum atomic E-state index is -4.98. The summed E-state index contributed by atoms with van der Waals surface area (Å²) in [6.45, 7) is -1.03. The maximum absolute atomic E-state index is 13.5. The quantitative estimate of drug-likeness (QED) is 0.0975. The number of carbonyl (C=O) groups excluding carboxylic acids is 2. The van der Waals surface area contributed by atoms with Gasteiger partial charge < -0.3 is 40.4 Å². The number of H-pyrrole nitrogens is 1. The first-order chi connectivity index (χ1) is 25.9. The van der Waals surface area contributed by atoms with Crippen molar-refractivity contribution >= 4 is 49.2 Å². The molecule has 0 spiro atoms. The monoisotopic (exact) mass is 767 g/mol. The van der Waals surface area contributed by atoms with Crippen LogP contribution in [0.3, 0.4) is 0 Å². The summed E-state index contributed by atoms with van der Waals surface area (Å²) in [7, 11) is -4.98. The van der Waals surface area contributed by atoms with Crippen molar-refractivity contribution in [2.75, 3.05) is 18.9 Å². The SMILES string of the molecule is NC1=NC(O)N(C2CC(OP(=O)(O)OCC3OC(n4cnc5c(=O)[nH]c(N)nc54)CC3OC(=O)c3ccccc3)C(COC(=O)c3ccccc3)O2)C=N1. The van der Waals surface area contributed by atoms with Crippen LogP contribution < -0.4 is 17.0 Å². The van der Waals surface area contributed by atoms with E-state index in [1.54, 1.807) is 60.7 Å². The molecule has 8 unspecified atom stereocenters. The number of hydrogen-bond acceptors (Lipinski definition) is 18. The number of nitrogens with two attached hydrogens (primary N) is 2. The maximum atomic E-state index is 13.5. The van der Waals surface area contributed by atoms with Gasteiger partial charge in [-0.15, -0.1) is 0 Å². The molecule has 3 aliphatic heterocycles. The smallest absolute Gasteiger partial charge is 0.459 e. The number of rotatable bonds is 12. The Morgan fingerprint density at radius 1 is 0.944 bits per heavy atom. The van der Waals surface area contributed by atoms with Crippen molar-refractivity contribution in [3.05, 3.63) is 88.5 Å². The highest BCUT2D eigenvalue weighted by Crippen LogP contribution is 2.48. The third-order valence-corrected chi connectivity index (χ3v) is 9.63. The first-order valence-corrected chi connectivity index (χ1v) is 17.9. The number of guanidine groups is 1. The van der Waals surface area contributed by atoms with Crippen LogP contribution in [0.5, 0.6) is 0 Å². The Labute approximate surface area is 304 Å². The second kappa shape index (κ2) is 15.4. The zero-order valence-corrected chi connectivity index (χ0v) is 29.0. The number of benzene rings is 2. The number of nitrogens with zero attached hydrogens (tertiary/aromatic N) is 6. The number of nitrogens with one attached hydrogen (secondary N) is 1. The van der Waals surface area contributed by atoms with Crippen LogP contribution in [0, 0.1) is 0 Å². The van der Waals surface area contributed by atoms with E-state index in [1.165, 1.54) is 22.1 Å². The van der Waals surface area contributed by atoms with Gasteiger partial charge in [0.15, 0.2) is 11.2 Å². The van der Waals surface area contributed by atoms with Gasteiger partial charge in [-0.25, -0.2) is 24.1 Å². The minimum absolute atomic E-state index is 0.00272. The van der Waals surface area contributed by atoms with E-state index in [0.29, 0.717) is 0 Å². The fourth-order valence-corrected chi connectivity index (χ4v) is 7.00. The number of nitrogen functional groups attached to an aromatic ring is 1. The number of aliphatic hydroxyl groups is 1. The zero-order valence-electron chi connectivity index (χ0n) is 28.1. The van der Waals surface area contributed by atoms with Crippen molar-refractivity contribution in [1.29, 1.82) is 0 Å². The van der Waals surface area contributed by atoms with Gasteiger partial charge in [-0.3, -0.25) is 28.3 Å². The van der Waals surface area contributed by atoms with Crippen molar-refractivity contribution in [2.24, 2.45) is 15.7 Å². The molecule has 22 heteroatoms. The van der Waals surface area contributed by atoms with E-state index in [0.717, 1.165) is 0 Å². The summed E-state index contributed by atoms with van der Waals surface area (Å²) in [5, 5.41) is 10.5. The van der Waals surface area contributed by atoms with E-state index >= 15 is 0 Å². The van der Waals surface area contributed by atoms with Crippen molar-refractivity contribution in [2.45, 2.75) is 56.1 Å². The van der Waals surface area contributed by atoms with Crippen LogP contribution >= 0.6 is 7.82 Å². The van der Waals surface area contributed by atoms with Crippen LogP contribution in [0.4, 0.5) is 5.95 Å². The second-order valence-electron chi connectivity index (χ2n) is 12.2. The number of aromatic amines is 1. The first kappa shape index (κ1) is 36.8. The molecule has 2 fully saturated rings. The fourth-order valence-electron chi connectivity index (χ4n) is 6.04. The number of ether oxygens (including phenoxy) is 4. The van der Waals surface area contributed by atoms with Crippen molar-refractivity contribution in [1.82, 2.24) is 24.4 Å². The number of aliphatic hydroxyl groups excluding tert-OH is 1. The molecule has 54 heavy (non-hydrogen) atoms. The van der Waals surface area contributed by atoms with Gasteiger partial charge in [-0.05, 0) is 24.3 Å². The van der Waals surface area contributed by atoms with Crippen LogP contribution in [0.15, 0.2) is 81.8 Å². The molecule has 0 saturated carbocycles. The molecular formula is C32H34N9O12P. The van der Waals surface area contributed by atoms with E-state index in [2.05, 4.69) is 24.9 Å². The van der Waals surface area contributed by atoms with Crippen molar-refractivity contribution in [3.8, 4) is 0 Å². The van der Waals surface area contributed by atoms with Gasteiger partial charge in [-0.2, -0.15) is 9.98 Å². The Balaban J connectivity index is 1.07. The molecule has 2 aromatic carbocycles. The number of hydrogen-bond donors (Lipinski definition) is 5. The van der Waals surface area contributed by atoms with Gasteiger partial charge in [0, 0.05) is 12.8 Å². The lowest BCUT2D eigenvalue weighted by molar-refractivity contribution is -0.0992. The third-order valence-electron chi connectivity index (χ3n) is 8.62. The summed E-state index contributed by atoms with van der Waals surface area (Å²) < 4.78 is 49.2. The number of carbonyl (C=O) groups is 2. The maximum Gasteiger partial charge on any atom is 0.472 e. The van der Waals surface area contributed by atoms with E-state index in [4.69, 9.17) is 39.5 Å². The van der Waals surface area contributed by atoms with Gasteiger partial charge in [0.2, 0.25) is 18.3 Å². The molecular weight excluding hydrogens is 733 g/mol. The molecule has 2 saturated heterocycles. The topological polar surface area (TPSA) is 291 Å². The molecule has 3 aliphatic rings. The van der Waals surface area contributed by atoms with Gasteiger partial charge in [0.1, 0.15) is 49.8 Å². The van der Waals surface area contributed by atoms with E-state index in [9.17, 15) is 28.9 Å². The van der Waals surface area contributed by atoms with Gasteiger partial charge in [0.05, 0.1) is 24.1 Å². The predicted octanol–water partition coefficient (Wildman–Crippen LogP) is 0.624. The summed E-state index contributed by atoms with van der Waals surface area (Å²) in [5.74, 6) is -1.71. The highest BCUT2D eigenvalue weighted by molar-refractivity contribution is 7.47. The Morgan fingerprint density at radius 2 is 1.59 bits per heavy atom. The number of aliphatic imine (C=N–C) groups is 2. The average Bonchev–Trinajstić information content (AvgIpc) is 3.87. The van der Waals surface area contributed by atoms with Gasteiger partial charge >= 0.3 is 19.8 Å². The van der Waals surface area contributed by atoms with Crippen LogP contribution in [0.1, 0.15) is 39.8 Å². The highest BCUT2D eigenvalue weighted by Gasteiger charge is 2.46. The molecule has 7 N–H and O–H groups in total. The summed E-state index contributed by atoms with van der Waals surface area (Å²) >= 11 is 0. The Kier molecular flexibility index (Phi) is 10.5. The Morgan fingerprint density at radius 3 is 2.30 bits per heavy atom. The molecule has 0 radical (unpaired) electrons. The number of esters is 2. The Bertz CT molecular complexity index is 2170. The fraction of sp³-hybridized carbons (Fsp3) is 0.344. The summed E-state index contributed by atoms with van der Waals surface area (Å²) in [6, 6.07) is 16.3. The molecule has 2 aromatic heterocycles. The van der Waals surface area contributed by atoms with E-state index in [1.807, 2.05) is 0 Å². The molecule has 5 heterocycles. The largest absolute Gasteiger partial charge is 0.472 e. The molecule has 4 aromatic rings. The van der Waals surface area contributed by atoms with E-state index in [-0.39, 0.29) is 47.0 Å². The molecule has 21 nitrogen and oxygen atoms in total. The average molecular weight is 768 g/mol. The third kappa shape index (κ3) is 8.16. The number of phosphoric ester groups is 1. The minimum Gasteiger partial charge on any atom is -0.459 e. The highest BCUT2D eigenvalue weighted by atomic mass is 31.2. The lowest BCUT2D eigenvalue weighted by atomic mass is 10.1. The lowest BCUT2D eigenvalue weighted by Crippen LogP contribution is -2.45. The lowest BCUT2D eigenvalue weighted by Gasteiger charge is -2.30. The number of fused-ring (bicyclic) bond motifs is 1. The van der Waals surface area contributed by atoms with E-state index < -0.39 is 81.8 Å². The van der Waals surface area contributed by atoms with Crippen LogP contribution in [-0.4, -0.2) is 109 Å². The first-order valence-electron chi connectivity index (χ1n) is 16.4. The normalized spacial score (nSPS) is 26.4. The molecule has 7 rings (SSSR count). The summed E-state index contributed by atoms with van der Waals surface area (Å²) in [6.07, 6.45) is -5.58. The van der Waals surface area contributed by atoms with Crippen LogP contribution in [0.25, 0.3) is 11.2 Å². The number of imidazole rings is 1. The summed E-state index contributed by atoms with van der Waals surface area (Å²) in [5.41, 5.74) is 11.3. The molecule has 0 bridgehead atoms. The zero-order chi connectivity index (χ0) is 38.0. The van der Waals surface area contributed by atoms with Gasteiger partial charge in [-0.1, -0.05) is 36.4 Å². The number of aromatic nitrogens is 4. The second-order valence-corrected chi connectivity index (χ2v) is 13.6. The molecule has 0 amide bonds. The Hall–Kier alpha value is -5.54. The number of phosphoric acid groups is 1. The van der Waals surface area contributed by atoms with Gasteiger partial charge in [0.25, 0.3) is 5.56 Å². The molecule has 284 valence electrons.